The lowest BCUT2D eigenvalue weighted by Gasteiger charge is -2.36. The van der Waals surface area contributed by atoms with Gasteiger partial charge in [0.15, 0.2) is 0 Å². The number of hydrogen-bond acceptors (Lipinski definition) is 2. The van der Waals surface area contributed by atoms with Gasteiger partial charge in [-0.3, -0.25) is 0 Å². The minimum atomic E-state index is -2.98. The fourth-order valence-electron chi connectivity index (χ4n) is 2.12. The fourth-order valence-corrected chi connectivity index (χ4v) is 4.56. The van der Waals surface area contributed by atoms with Gasteiger partial charge >= 0.3 is 0 Å². The molecule has 16 heavy (non-hydrogen) atoms. The molecule has 0 radical (unpaired) electrons. The van der Waals surface area contributed by atoms with Gasteiger partial charge in [-0.25, -0.2) is 8.42 Å². The highest BCUT2D eigenvalue weighted by Crippen LogP contribution is 2.34. The van der Waals surface area contributed by atoms with E-state index < -0.39 is 10.0 Å². The number of halogens is 1. The van der Waals surface area contributed by atoms with Crippen LogP contribution in [0.2, 0.25) is 0 Å². The van der Waals surface area contributed by atoms with Crippen molar-refractivity contribution in [2.24, 2.45) is 5.92 Å². The predicted molar refractivity (Wildman–Crippen MR) is 69.3 cm³/mol. The molecular formula is C11H20BrNO2S. The zero-order valence-electron chi connectivity index (χ0n) is 9.57. The van der Waals surface area contributed by atoms with E-state index >= 15 is 0 Å². The van der Waals surface area contributed by atoms with E-state index in [9.17, 15) is 8.42 Å². The Bertz CT molecular complexity index is 323. The number of rotatable bonds is 7. The first-order valence-electron chi connectivity index (χ1n) is 6.19. The first-order valence-corrected chi connectivity index (χ1v) is 8.92. The molecule has 2 saturated carbocycles. The molecule has 2 rings (SSSR count). The molecule has 2 fully saturated rings. The minimum Gasteiger partial charge on any atom is -0.212 e. The molecule has 3 nitrogen and oxygen atoms in total. The van der Waals surface area contributed by atoms with Crippen LogP contribution in [-0.2, 0) is 10.0 Å². The SMILES string of the molecule is O=S(=O)(CC1CC1)N(CCCBr)C1CCC1. The molecule has 0 N–H and O–H groups in total. The first-order chi connectivity index (χ1) is 7.63. The second-order valence-corrected chi connectivity index (χ2v) is 7.72. The summed E-state index contributed by atoms with van der Waals surface area (Å²) in [6.07, 6.45) is 6.44. The smallest absolute Gasteiger partial charge is 0.212 e. The van der Waals surface area contributed by atoms with Crippen molar-refractivity contribution in [2.75, 3.05) is 17.6 Å². The Morgan fingerprint density at radius 2 is 1.88 bits per heavy atom. The van der Waals surface area contributed by atoms with Crippen LogP contribution in [-0.4, -0.2) is 36.4 Å². The van der Waals surface area contributed by atoms with E-state index in [4.69, 9.17) is 0 Å². The summed E-state index contributed by atoms with van der Waals surface area (Å²) in [6, 6.07) is 0.308. The average Bonchev–Trinajstić information content (AvgIpc) is 2.91. The highest BCUT2D eigenvalue weighted by molar-refractivity contribution is 9.09. The van der Waals surface area contributed by atoms with Gasteiger partial charge in [-0.2, -0.15) is 4.31 Å². The van der Waals surface area contributed by atoms with Crippen molar-refractivity contribution in [3.05, 3.63) is 0 Å². The zero-order chi connectivity index (χ0) is 11.6. The van der Waals surface area contributed by atoms with E-state index in [0.717, 1.165) is 37.4 Å². The van der Waals surface area contributed by atoms with Crippen LogP contribution in [0.1, 0.15) is 38.5 Å². The number of sulfonamides is 1. The lowest BCUT2D eigenvalue weighted by Crippen LogP contribution is -2.46. The van der Waals surface area contributed by atoms with E-state index in [2.05, 4.69) is 15.9 Å². The van der Waals surface area contributed by atoms with Crippen LogP contribution < -0.4 is 0 Å². The Hall–Kier alpha value is 0.390. The van der Waals surface area contributed by atoms with Gasteiger partial charge in [-0.15, -0.1) is 0 Å². The average molecular weight is 310 g/mol. The zero-order valence-corrected chi connectivity index (χ0v) is 12.0. The van der Waals surface area contributed by atoms with Crippen LogP contribution >= 0.6 is 15.9 Å². The van der Waals surface area contributed by atoms with E-state index in [1.807, 2.05) is 0 Å². The summed E-state index contributed by atoms with van der Waals surface area (Å²) in [5.74, 6) is 0.850. The third-order valence-electron chi connectivity index (χ3n) is 3.49. The Balaban J connectivity index is 1.97. The quantitative estimate of drug-likeness (QED) is 0.677. The highest BCUT2D eigenvalue weighted by atomic mass is 79.9. The predicted octanol–water partition coefficient (Wildman–Crippen LogP) is 2.37. The molecule has 0 amide bonds. The monoisotopic (exact) mass is 309 g/mol. The standard InChI is InChI=1S/C11H20BrNO2S/c12-7-2-8-13(11-3-1-4-11)16(14,15)9-10-5-6-10/h10-11H,1-9H2. The summed E-state index contributed by atoms with van der Waals surface area (Å²) in [7, 11) is -2.98. The van der Waals surface area contributed by atoms with E-state index in [0.29, 0.717) is 24.3 Å². The van der Waals surface area contributed by atoms with Crippen molar-refractivity contribution >= 4 is 26.0 Å². The van der Waals surface area contributed by atoms with Crippen molar-refractivity contribution in [1.29, 1.82) is 0 Å². The summed E-state index contributed by atoms with van der Waals surface area (Å²) < 4.78 is 26.3. The molecule has 0 spiro atoms. The van der Waals surface area contributed by atoms with Crippen LogP contribution in [0, 0.1) is 5.92 Å². The van der Waals surface area contributed by atoms with Crippen LogP contribution in [0.5, 0.6) is 0 Å². The van der Waals surface area contributed by atoms with Crippen LogP contribution in [0.4, 0.5) is 0 Å². The van der Waals surface area contributed by atoms with Crippen molar-refractivity contribution in [1.82, 2.24) is 4.31 Å². The lowest BCUT2D eigenvalue weighted by molar-refractivity contribution is 0.220. The second kappa shape index (κ2) is 5.36. The molecule has 94 valence electrons. The number of alkyl halides is 1. The lowest BCUT2D eigenvalue weighted by atomic mass is 9.93. The molecule has 0 aliphatic heterocycles. The highest BCUT2D eigenvalue weighted by Gasteiger charge is 2.37. The molecule has 2 aliphatic rings. The van der Waals surface area contributed by atoms with Gasteiger partial charge in [-0.1, -0.05) is 22.4 Å². The van der Waals surface area contributed by atoms with Crippen LogP contribution in [0.25, 0.3) is 0 Å². The number of hydrogen-bond donors (Lipinski definition) is 0. The third kappa shape index (κ3) is 3.20. The van der Waals surface area contributed by atoms with Crippen molar-refractivity contribution in [3.8, 4) is 0 Å². The van der Waals surface area contributed by atoms with Crippen LogP contribution in [0.3, 0.4) is 0 Å². The Morgan fingerprint density at radius 3 is 2.31 bits per heavy atom. The van der Waals surface area contributed by atoms with Crippen molar-refractivity contribution in [2.45, 2.75) is 44.6 Å². The van der Waals surface area contributed by atoms with Crippen molar-refractivity contribution < 1.29 is 8.42 Å². The van der Waals surface area contributed by atoms with Gasteiger partial charge in [0.2, 0.25) is 10.0 Å². The van der Waals surface area contributed by atoms with E-state index in [-0.39, 0.29) is 0 Å². The Labute approximate surface area is 107 Å². The maximum atomic E-state index is 12.2. The summed E-state index contributed by atoms with van der Waals surface area (Å²) in [5, 5.41) is 0.884. The van der Waals surface area contributed by atoms with Crippen LogP contribution in [0.15, 0.2) is 0 Å². The van der Waals surface area contributed by atoms with Gasteiger partial charge in [0, 0.05) is 17.9 Å². The van der Waals surface area contributed by atoms with Gasteiger partial charge in [0.05, 0.1) is 5.75 Å². The maximum Gasteiger partial charge on any atom is 0.214 e. The van der Waals surface area contributed by atoms with Gasteiger partial charge in [0.1, 0.15) is 0 Å². The molecule has 0 aromatic heterocycles. The summed E-state index contributed by atoms with van der Waals surface area (Å²) in [4.78, 5) is 0. The molecule has 0 aromatic carbocycles. The number of nitrogens with zero attached hydrogens (tertiary/aromatic N) is 1. The normalized spacial score (nSPS) is 22.4. The molecule has 0 bridgehead atoms. The molecule has 0 heterocycles. The van der Waals surface area contributed by atoms with Crippen molar-refractivity contribution in [3.63, 3.8) is 0 Å². The van der Waals surface area contributed by atoms with Gasteiger partial charge < -0.3 is 0 Å². The molecule has 0 unspecified atom stereocenters. The molecule has 0 aromatic rings. The second-order valence-electron chi connectivity index (χ2n) is 4.96. The largest absolute Gasteiger partial charge is 0.214 e. The van der Waals surface area contributed by atoms with Gasteiger partial charge in [0.25, 0.3) is 0 Å². The van der Waals surface area contributed by atoms with E-state index in [1.54, 1.807) is 4.31 Å². The summed E-state index contributed by atoms with van der Waals surface area (Å²) in [5.41, 5.74) is 0. The Morgan fingerprint density at radius 1 is 1.19 bits per heavy atom. The Kier molecular flexibility index (Phi) is 4.30. The molecule has 0 atom stereocenters. The maximum absolute atomic E-state index is 12.2. The summed E-state index contributed by atoms with van der Waals surface area (Å²) in [6.45, 7) is 0.699. The summed E-state index contributed by atoms with van der Waals surface area (Å²) >= 11 is 3.38. The molecule has 2 aliphatic carbocycles. The van der Waals surface area contributed by atoms with E-state index in [1.165, 1.54) is 6.42 Å². The van der Waals surface area contributed by atoms with Gasteiger partial charge in [-0.05, 0) is 38.0 Å². The fraction of sp³-hybridized carbons (Fsp3) is 1.00. The molecule has 0 saturated heterocycles. The topological polar surface area (TPSA) is 37.4 Å². The minimum absolute atomic E-state index is 0.308. The molecular weight excluding hydrogens is 290 g/mol. The molecule has 5 heteroatoms. The third-order valence-corrected chi connectivity index (χ3v) is 6.14. The first kappa shape index (κ1) is 12.8.